The van der Waals surface area contributed by atoms with Gasteiger partial charge in [0.05, 0.1) is 0 Å². The lowest BCUT2D eigenvalue weighted by molar-refractivity contribution is -0.118. The van der Waals surface area contributed by atoms with E-state index in [0.717, 1.165) is 16.3 Å². The van der Waals surface area contributed by atoms with Crippen molar-refractivity contribution in [2.24, 2.45) is 0 Å². The molecule has 4 aromatic carbocycles. The summed E-state index contributed by atoms with van der Waals surface area (Å²) in [5, 5.41) is 16.5. The predicted molar refractivity (Wildman–Crippen MR) is 136 cm³/mol. The molecular formula is C28H23N3O6. The van der Waals surface area contributed by atoms with Gasteiger partial charge >= 0.3 is 0 Å². The van der Waals surface area contributed by atoms with Gasteiger partial charge in [-0.3, -0.25) is 19.6 Å². The topological polar surface area (TPSA) is 126 Å². The first-order chi connectivity index (χ1) is 18.0. The highest BCUT2D eigenvalue weighted by Gasteiger charge is 2.24. The fourth-order valence-electron chi connectivity index (χ4n) is 4.09. The van der Waals surface area contributed by atoms with E-state index in [0.29, 0.717) is 22.7 Å². The molecule has 3 amide bonds. The van der Waals surface area contributed by atoms with Crippen LogP contribution in [0.4, 0.5) is 5.69 Å². The van der Waals surface area contributed by atoms with E-state index < -0.39 is 23.8 Å². The van der Waals surface area contributed by atoms with Crippen LogP contribution in [0.1, 0.15) is 26.3 Å². The van der Waals surface area contributed by atoms with Crippen LogP contribution in [0, 0.1) is 0 Å². The van der Waals surface area contributed by atoms with Gasteiger partial charge in [-0.15, -0.1) is 0 Å². The lowest BCUT2D eigenvalue weighted by atomic mass is 10.0. The second-order valence-corrected chi connectivity index (χ2v) is 8.49. The number of amides is 3. The summed E-state index contributed by atoms with van der Waals surface area (Å²) in [5.41, 5.74) is 3.43. The Labute approximate surface area is 212 Å². The molecule has 5 rings (SSSR count). The maximum absolute atomic E-state index is 13.3. The zero-order valence-corrected chi connectivity index (χ0v) is 19.6. The molecule has 1 aliphatic rings. The van der Waals surface area contributed by atoms with E-state index in [2.05, 4.69) is 10.6 Å². The molecule has 0 unspecified atom stereocenters. The first kappa shape index (κ1) is 23.8. The zero-order chi connectivity index (χ0) is 25.8. The van der Waals surface area contributed by atoms with Crippen LogP contribution < -0.4 is 25.6 Å². The molecule has 186 valence electrons. The highest BCUT2D eigenvalue weighted by atomic mass is 16.7. The van der Waals surface area contributed by atoms with Crippen molar-refractivity contribution in [3.8, 4) is 11.5 Å². The number of fused-ring (bicyclic) bond motifs is 2. The van der Waals surface area contributed by atoms with Gasteiger partial charge in [0, 0.05) is 23.2 Å². The van der Waals surface area contributed by atoms with Gasteiger partial charge < -0.3 is 20.1 Å². The molecule has 0 spiro atoms. The summed E-state index contributed by atoms with van der Waals surface area (Å²) in [7, 11) is 0. The van der Waals surface area contributed by atoms with Crippen LogP contribution in [0.5, 0.6) is 11.5 Å². The lowest BCUT2D eigenvalue weighted by Gasteiger charge is -2.19. The van der Waals surface area contributed by atoms with Crippen molar-refractivity contribution in [1.29, 1.82) is 0 Å². The molecule has 4 aromatic rings. The van der Waals surface area contributed by atoms with Gasteiger partial charge in [-0.1, -0.05) is 42.5 Å². The number of hydroxylamine groups is 1. The molecular weight excluding hydrogens is 474 g/mol. The van der Waals surface area contributed by atoms with Crippen molar-refractivity contribution in [3.63, 3.8) is 0 Å². The molecule has 37 heavy (non-hydrogen) atoms. The monoisotopic (exact) mass is 497 g/mol. The van der Waals surface area contributed by atoms with Gasteiger partial charge in [0.15, 0.2) is 11.5 Å². The Balaban J connectivity index is 1.38. The number of benzene rings is 4. The number of carbonyl (C=O) groups is 3. The van der Waals surface area contributed by atoms with E-state index in [9.17, 15) is 14.4 Å². The van der Waals surface area contributed by atoms with E-state index in [-0.39, 0.29) is 18.8 Å². The van der Waals surface area contributed by atoms with Gasteiger partial charge in [0.1, 0.15) is 6.04 Å². The molecule has 4 N–H and O–H groups in total. The molecule has 0 aromatic heterocycles. The smallest absolute Gasteiger partial charge is 0.274 e. The zero-order valence-electron chi connectivity index (χ0n) is 19.6. The molecule has 1 aliphatic heterocycles. The van der Waals surface area contributed by atoms with Crippen LogP contribution in [-0.4, -0.2) is 35.8 Å². The minimum atomic E-state index is -0.903. The minimum absolute atomic E-state index is 0.0894. The Kier molecular flexibility index (Phi) is 6.69. The standard InChI is InChI=1S/C28H23N3O6/c32-26(21-9-12-24-25(15-21)37-16-36-24)30-23(14-17-5-6-18-3-1-2-4-20(18)13-17)28(34)29-22-10-7-19(8-11-22)27(33)31-35/h1-13,15,23,35H,14,16H2,(H,29,34)(H,30,32)(H,31,33)/t23-/m0/s1. The second-order valence-electron chi connectivity index (χ2n) is 8.49. The number of hydrogen-bond donors (Lipinski definition) is 4. The Morgan fingerprint density at radius 2 is 1.51 bits per heavy atom. The van der Waals surface area contributed by atoms with Crippen LogP contribution in [0.15, 0.2) is 84.9 Å². The normalized spacial score (nSPS) is 12.6. The van der Waals surface area contributed by atoms with Crippen molar-refractivity contribution in [2.75, 3.05) is 12.1 Å². The molecule has 0 saturated carbocycles. The fraction of sp³-hybridized carbons (Fsp3) is 0.107. The molecule has 0 radical (unpaired) electrons. The average molecular weight is 498 g/mol. The molecule has 9 heteroatoms. The largest absolute Gasteiger partial charge is 0.454 e. The number of hydrogen-bond acceptors (Lipinski definition) is 6. The van der Waals surface area contributed by atoms with Gasteiger partial charge in [-0.25, -0.2) is 5.48 Å². The Bertz CT molecular complexity index is 1490. The Morgan fingerprint density at radius 1 is 0.784 bits per heavy atom. The molecule has 1 heterocycles. The summed E-state index contributed by atoms with van der Waals surface area (Å²) < 4.78 is 10.7. The number of carbonyl (C=O) groups excluding carboxylic acids is 3. The highest BCUT2D eigenvalue weighted by Crippen LogP contribution is 2.32. The van der Waals surface area contributed by atoms with Crippen LogP contribution >= 0.6 is 0 Å². The average Bonchev–Trinajstić information content (AvgIpc) is 3.40. The summed E-state index contributed by atoms with van der Waals surface area (Å²) in [6.07, 6.45) is 0.248. The molecule has 9 nitrogen and oxygen atoms in total. The SMILES string of the molecule is O=C(NO)c1ccc(NC(=O)[C@H](Cc2ccc3ccccc3c2)NC(=O)c2ccc3c(c2)OCO3)cc1. The van der Waals surface area contributed by atoms with E-state index in [1.807, 2.05) is 42.5 Å². The van der Waals surface area contributed by atoms with E-state index in [4.69, 9.17) is 14.7 Å². The van der Waals surface area contributed by atoms with Gasteiger partial charge in [0.25, 0.3) is 11.8 Å². The summed E-state index contributed by atoms with van der Waals surface area (Å²) in [6.45, 7) is 0.0894. The molecule has 0 bridgehead atoms. The summed E-state index contributed by atoms with van der Waals surface area (Å²) in [6, 6.07) is 23.7. The van der Waals surface area contributed by atoms with E-state index >= 15 is 0 Å². The van der Waals surface area contributed by atoms with Crippen molar-refractivity contribution < 1.29 is 29.1 Å². The quantitative estimate of drug-likeness (QED) is 0.228. The Morgan fingerprint density at radius 3 is 2.30 bits per heavy atom. The van der Waals surface area contributed by atoms with Crippen LogP contribution in [0.3, 0.4) is 0 Å². The highest BCUT2D eigenvalue weighted by molar-refractivity contribution is 6.02. The first-order valence-electron chi connectivity index (χ1n) is 11.5. The third kappa shape index (κ3) is 5.36. The molecule has 0 saturated heterocycles. The van der Waals surface area contributed by atoms with E-state index in [1.165, 1.54) is 24.3 Å². The third-order valence-electron chi connectivity index (χ3n) is 6.03. The van der Waals surface area contributed by atoms with Crippen molar-refractivity contribution >= 4 is 34.2 Å². The summed E-state index contributed by atoms with van der Waals surface area (Å²) in [4.78, 5) is 38.0. The van der Waals surface area contributed by atoms with Gasteiger partial charge in [-0.05, 0) is 58.8 Å². The molecule has 1 atom stereocenters. The first-order valence-corrected chi connectivity index (χ1v) is 11.5. The van der Waals surface area contributed by atoms with Crippen LogP contribution in [0.25, 0.3) is 10.8 Å². The Hall–Kier alpha value is -4.89. The van der Waals surface area contributed by atoms with E-state index in [1.54, 1.807) is 23.7 Å². The summed E-state index contributed by atoms with van der Waals surface area (Å²) in [5.74, 6) is -0.505. The van der Waals surface area contributed by atoms with Crippen molar-refractivity contribution in [3.05, 3.63) is 102 Å². The van der Waals surface area contributed by atoms with Gasteiger partial charge in [-0.2, -0.15) is 0 Å². The summed E-state index contributed by atoms with van der Waals surface area (Å²) >= 11 is 0. The third-order valence-corrected chi connectivity index (χ3v) is 6.03. The van der Waals surface area contributed by atoms with Crippen molar-refractivity contribution in [1.82, 2.24) is 10.8 Å². The number of ether oxygens (including phenoxy) is 2. The van der Waals surface area contributed by atoms with Crippen LogP contribution in [0.2, 0.25) is 0 Å². The predicted octanol–water partition coefficient (Wildman–Crippen LogP) is 3.67. The second kappa shape index (κ2) is 10.4. The minimum Gasteiger partial charge on any atom is -0.454 e. The molecule has 0 fully saturated rings. The number of nitrogens with one attached hydrogen (secondary N) is 3. The number of rotatable bonds is 7. The molecule has 0 aliphatic carbocycles. The van der Waals surface area contributed by atoms with Gasteiger partial charge in [0.2, 0.25) is 12.7 Å². The lowest BCUT2D eigenvalue weighted by Crippen LogP contribution is -2.45. The maximum Gasteiger partial charge on any atom is 0.274 e. The van der Waals surface area contributed by atoms with Crippen LogP contribution in [-0.2, 0) is 11.2 Å². The number of anilines is 1. The van der Waals surface area contributed by atoms with Crippen molar-refractivity contribution in [2.45, 2.75) is 12.5 Å². The maximum atomic E-state index is 13.3. The fourth-order valence-corrected chi connectivity index (χ4v) is 4.09.